The van der Waals surface area contributed by atoms with Crippen LogP contribution < -0.4 is 0 Å². The Bertz CT molecular complexity index is 210. The molecule has 0 atom stereocenters. The van der Waals surface area contributed by atoms with E-state index in [1.165, 1.54) is 3.57 Å². The molecule has 0 saturated heterocycles. The van der Waals surface area contributed by atoms with E-state index in [0.717, 1.165) is 4.64 Å². The molecule has 0 amide bonds. The number of aromatic amines is 1. The normalized spacial score (nSPS) is 9.12. The van der Waals surface area contributed by atoms with E-state index in [9.17, 15) is 0 Å². The second kappa shape index (κ2) is 2.59. The van der Waals surface area contributed by atoms with Gasteiger partial charge in [0, 0.05) is 9.77 Å². The van der Waals surface area contributed by atoms with Gasteiger partial charge >= 0.3 is 0 Å². The fourth-order valence-corrected chi connectivity index (χ4v) is 0.854. The van der Waals surface area contributed by atoms with E-state index >= 15 is 0 Å². The summed E-state index contributed by atoms with van der Waals surface area (Å²) in [6, 6.07) is 3.84. The van der Waals surface area contributed by atoms with Crippen molar-refractivity contribution in [3.63, 3.8) is 0 Å². The summed E-state index contributed by atoms with van der Waals surface area (Å²) in [5, 5.41) is 0. The minimum Gasteiger partial charge on any atom is -0.352 e. The average molecular weight is 237 g/mol. The van der Waals surface area contributed by atoms with Crippen LogP contribution >= 0.6 is 34.8 Å². The highest BCUT2D eigenvalue weighted by molar-refractivity contribution is 14.1. The largest absolute Gasteiger partial charge is 0.352 e. The van der Waals surface area contributed by atoms with Crippen LogP contribution in [0.15, 0.2) is 18.3 Å². The molecule has 0 saturated carbocycles. The lowest BCUT2D eigenvalue weighted by Crippen LogP contribution is -1.72. The second-order valence-electron chi connectivity index (χ2n) is 1.37. The lowest BCUT2D eigenvalue weighted by Gasteiger charge is -1.84. The van der Waals surface area contributed by atoms with Crippen LogP contribution in [-0.2, 0) is 0 Å². The van der Waals surface area contributed by atoms with Gasteiger partial charge < -0.3 is 4.98 Å². The first-order valence-electron chi connectivity index (χ1n) is 2.13. The molecule has 0 aliphatic heterocycles. The van der Waals surface area contributed by atoms with Crippen molar-refractivity contribution in [2.75, 3.05) is 0 Å². The van der Waals surface area contributed by atoms with Crippen LogP contribution in [0.4, 0.5) is 0 Å². The zero-order chi connectivity index (χ0) is 5.98. The summed E-state index contributed by atoms with van der Waals surface area (Å²) >= 11 is 7.03. The minimum absolute atomic E-state index is 0.783. The SMILES string of the molecule is S=c1ccc(I)c[nH]1. The Labute approximate surface area is 66.3 Å². The quantitative estimate of drug-likeness (QED) is 0.541. The second-order valence-corrected chi connectivity index (χ2v) is 3.06. The van der Waals surface area contributed by atoms with Crippen molar-refractivity contribution in [2.24, 2.45) is 0 Å². The summed E-state index contributed by atoms with van der Waals surface area (Å²) in [5.74, 6) is 0. The number of nitrogens with one attached hydrogen (secondary N) is 1. The van der Waals surface area contributed by atoms with Gasteiger partial charge in [-0.1, -0.05) is 12.2 Å². The van der Waals surface area contributed by atoms with Gasteiger partial charge in [0.15, 0.2) is 0 Å². The number of hydrogen-bond donors (Lipinski definition) is 1. The van der Waals surface area contributed by atoms with Crippen molar-refractivity contribution in [3.8, 4) is 0 Å². The Balaban J connectivity index is 3.22. The summed E-state index contributed by atoms with van der Waals surface area (Å²) in [6.07, 6.45) is 1.88. The summed E-state index contributed by atoms with van der Waals surface area (Å²) in [6.45, 7) is 0. The van der Waals surface area contributed by atoms with Gasteiger partial charge in [-0.3, -0.25) is 0 Å². The van der Waals surface area contributed by atoms with Crippen molar-refractivity contribution in [3.05, 3.63) is 26.5 Å². The first-order chi connectivity index (χ1) is 3.79. The third-order valence-electron chi connectivity index (χ3n) is 0.746. The van der Waals surface area contributed by atoms with Crippen molar-refractivity contribution < 1.29 is 0 Å². The maximum absolute atomic E-state index is 4.81. The fourth-order valence-electron chi connectivity index (χ4n) is 0.392. The van der Waals surface area contributed by atoms with Crippen molar-refractivity contribution in [1.29, 1.82) is 0 Å². The molecule has 0 spiro atoms. The van der Waals surface area contributed by atoms with E-state index in [0.29, 0.717) is 0 Å². The monoisotopic (exact) mass is 237 g/mol. The maximum Gasteiger partial charge on any atom is 0.103 e. The van der Waals surface area contributed by atoms with E-state index in [4.69, 9.17) is 12.2 Å². The topological polar surface area (TPSA) is 15.8 Å². The molecule has 1 heterocycles. The molecule has 0 bridgehead atoms. The predicted molar refractivity (Wildman–Crippen MR) is 44.3 cm³/mol. The molecular weight excluding hydrogens is 233 g/mol. The summed E-state index contributed by atoms with van der Waals surface area (Å²) in [4.78, 5) is 2.91. The summed E-state index contributed by atoms with van der Waals surface area (Å²) in [5.41, 5.74) is 0. The Morgan fingerprint density at radius 3 is 2.62 bits per heavy atom. The van der Waals surface area contributed by atoms with Crippen LogP contribution in [0.5, 0.6) is 0 Å². The highest BCUT2D eigenvalue weighted by atomic mass is 127. The third-order valence-corrected chi connectivity index (χ3v) is 1.67. The summed E-state index contributed by atoms with van der Waals surface area (Å²) in [7, 11) is 0. The van der Waals surface area contributed by atoms with Crippen LogP contribution in [0.1, 0.15) is 0 Å². The Morgan fingerprint density at radius 2 is 2.25 bits per heavy atom. The number of halogens is 1. The van der Waals surface area contributed by atoms with E-state index in [1.54, 1.807) is 0 Å². The van der Waals surface area contributed by atoms with Crippen molar-refractivity contribution in [2.45, 2.75) is 0 Å². The molecule has 42 valence electrons. The van der Waals surface area contributed by atoms with E-state index in [2.05, 4.69) is 27.6 Å². The molecular formula is C5H4INS. The number of pyridine rings is 1. The molecule has 0 aliphatic rings. The zero-order valence-corrected chi connectivity index (χ0v) is 6.99. The number of H-pyrrole nitrogens is 1. The van der Waals surface area contributed by atoms with Gasteiger partial charge in [-0.05, 0) is 34.7 Å². The number of hydrogen-bond acceptors (Lipinski definition) is 1. The Kier molecular flexibility index (Phi) is 2.01. The lowest BCUT2D eigenvalue weighted by atomic mass is 10.5. The molecule has 0 radical (unpaired) electrons. The Morgan fingerprint density at radius 1 is 1.50 bits per heavy atom. The van der Waals surface area contributed by atoms with Crippen LogP contribution in [0.25, 0.3) is 0 Å². The highest BCUT2D eigenvalue weighted by Gasteiger charge is 1.78. The molecule has 0 unspecified atom stereocenters. The first-order valence-corrected chi connectivity index (χ1v) is 3.62. The Hall–Kier alpha value is 0.1000. The predicted octanol–water partition coefficient (Wildman–Crippen LogP) is 2.35. The molecule has 0 fully saturated rings. The molecule has 0 aliphatic carbocycles. The first kappa shape index (κ1) is 6.22. The van der Waals surface area contributed by atoms with Gasteiger partial charge in [-0.25, -0.2) is 0 Å². The van der Waals surface area contributed by atoms with Gasteiger partial charge in [0.25, 0.3) is 0 Å². The molecule has 1 aromatic heterocycles. The number of rotatable bonds is 0. The molecule has 1 rings (SSSR count). The smallest absolute Gasteiger partial charge is 0.103 e. The van der Waals surface area contributed by atoms with E-state index in [1.807, 2.05) is 18.3 Å². The van der Waals surface area contributed by atoms with E-state index in [-0.39, 0.29) is 0 Å². The van der Waals surface area contributed by atoms with Crippen LogP contribution in [0, 0.1) is 8.21 Å². The van der Waals surface area contributed by atoms with Crippen molar-refractivity contribution >= 4 is 34.8 Å². The van der Waals surface area contributed by atoms with Crippen LogP contribution in [0.3, 0.4) is 0 Å². The van der Waals surface area contributed by atoms with Crippen LogP contribution in [0.2, 0.25) is 0 Å². The highest BCUT2D eigenvalue weighted by Crippen LogP contribution is 1.99. The van der Waals surface area contributed by atoms with Gasteiger partial charge in [-0.2, -0.15) is 0 Å². The van der Waals surface area contributed by atoms with Crippen LogP contribution in [-0.4, -0.2) is 4.98 Å². The average Bonchev–Trinajstić information content (AvgIpc) is 1.77. The van der Waals surface area contributed by atoms with Gasteiger partial charge in [0.1, 0.15) is 4.64 Å². The standard InChI is InChI=1S/C5H4INS/c6-4-1-2-5(8)7-3-4/h1-3H,(H,7,8). The zero-order valence-electron chi connectivity index (χ0n) is 4.02. The fraction of sp³-hybridized carbons (Fsp3) is 0. The molecule has 1 nitrogen and oxygen atoms in total. The molecule has 0 aromatic carbocycles. The van der Waals surface area contributed by atoms with Gasteiger partial charge in [-0.15, -0.1) is 0 Å². The maximum atomic E-state index is 4.81. The third kappa shape index (κ3) is 1.56. The van der Waals surface area contributed by atoms with Crippen molar-refractivity contribution in [1.82, 2.24) is 4.98 Å². The number of aromatic nitrogens is 1. The van der Waals surface area contributed by atoms with E-state index < -0.39 is 0 Å². The molecule has 1 aromatic rings. The minimum atomic E-state index is 0.783. The molecule has 1 N–H and O–H groups in total. The van der Waals surface area contributed by atoms with Gasteiger partial charge in [0.05, 0.1) is 0 Å². The van der Waals surface area contributed by atoms with Gasteiger partial charge in [0.2, 0.25) is 0 Å². The molecule has 3 heteroatoms. The molecule has 8 heavy (non-hydrogen) atoms. The summed E-state index contributed by atoms with van der Waals surface area (Å²) < 4.78 is 1.96. The lowest BCUT2D eigenvalue weighted by molar-refractivity contribution is 1.28.